The summed E-state index contributed by atoms with van der Waals surface area (Å²) in [5.41, 5.74) is 0. The van der Waals surface area contributed by atoms with E-state index in [-0.39, 0.29) is 5.78 Å². The molecule has 0 saturated heterocycles. The van der Waals surface area contributed by atoms with Gasteiger partial charge in [0.25, 0.3) is 0 Å². The van der Waals surface area contributed by atoms with Crippen molar-refractivity contribution in [3.8, 4) is 0 Å². The zero-order chi connectivity index (χ0) is 8.27. The first-order chi connectivity index (χ1) is 5.24. The molecule has 0 aliphatic rings. The molecule has 11 heavy (non-hydrogen) atoms. The van der Waals surface area contributed by atoms with Crippen molar-refractivity contribution < 1.29 is 9.21 Å². The van der Waals surface area contributed by atoms with Crippen molar-refractivity contribution in [2.24, 2.45) is 0 Å². The molecule has 58 valence electrons. The largest absolute Gasteiger partial charge is 0.446 e. The van der Waals surface area contributed by atoms with Crippen LogP contribution in [-0.2, 0) is 0 Å². The van der Waals surface area contributed by atoms with Crippen LogP contribution < -0.4 is 0 Å². The highest BCUT2D eigenvalue weighted by Crippen LogP contribution is 2.15. The maximum atomic E-state index is 11.1. The van der Waals surface area contributed by atoms with Crippen molar-refractivity contribution in [1.29, 1.82) is 0 Å². The van der Waals surface area contributed by atoms with Gasteiger partial charge in [-0.15, -0.1) is 6.58 Å². The van der Waals surface area contributed by atoms with E-state index >= 15 is 0 Å². The topological polar surface area (TPSA) is 30.2 Å². The van der Waals surface area contributed by atoms with Crippen LogP contribution in [0.4, 0.5) is 0 Å². The van der Waals surface area contributed by atoms with Crippen LogP contribution in [0.15, 0.2) is 33.9 Å². The molecule has 0 aliphatic carbocycles. The molecular formula is C8H7BrO2. The number of Topliss-reactive ketones (excluding diaryl/α,β-unsaturated/α-hetero) is 1. The molecule has 0 saturated carbocycles. The van der Waals surface area contributed by atoms with Gasteiger partial charge < -0.3 is 4.42 Å². The van der Waals surface area contributed by atoms with Gasteiger partial charge in [-0.05, 0) is 28.1 Å². The second-order valence-electron chi connectivity index (χ2n) is 2.02. The number of halogens is 1. The molecule has 0 spiro atoms. The third-order valence-electron chi connectivity index (χ3n) is 1.18. The Bertz CT molecular complexity index is 275. The van der Waals surface area contributed by atoms with Crippen molar-refractivity contribution in [2.75, 3.05) is 0 Å². The number of allylic oxidation sites excluding steroid dienone is 1. The predicted molar refractivity (Wildman–Crippen MR) is 45.6 cm³/mol. The lowest BCUT2D eigenvalue weighted by molar-refractivity contribution is 0.0968. The van der Waals surface area contributed by atoms with Crippen LogP contribution in [0.5, 0.6) is 0 Å². The number of furan rings is 1. The van der Waals surface area contributed by atoms with Crippen molar-refractivity contribution in [3.05, 3.63) is 35.2 Å². The normalized spacial score (nSPS) is 9.55. The van der Waals surface area contributed by atoms with E-state index in [0.717, 1.165) is 0 Å². The third kappa shape index (κ3) is 2.05. The first-order valence-corrected chi connectivity index (χ1v) is 3.93. The molecule has 1 aromatic heterocycles. The van der Waals surface area contributed by atoms with E-state index in [1.165, 1.54) is 0 Å². The smallest absolute Gasteiger partial charge is 0.201 e. The monoisotopic (exact) mass is 214 g/mol. The summed E-state index contributed by atoms with van der Waals surface area (Å²) in [6, 6.07) is 3.33. The summed E-state index contributed by atoms with van der Waals surface area (Å²) in [5, 5.41) is 0. The summed E-state index contributed by atoms with van der Waals surface area (Å²) in [5.74, 6) is 0.322. The molecule has 0 atom stereocenters. The van der Waals surface area contributed by atoms with E-state index < -0.39 is 0 Å². The lowest BCUT2D eigenvalue weighted by Gasteiger charge is -1.88. The van der Waals surface area contributed by atoms with Crippen LogP contribution in [0, 0.1) is 0 Å². The summed E-state index contributed by atoms with van der Waals surface area (Å²) in [6.45, 7) is 3.46. The minimum absolute atomic E-state index is 0.0503. The van der Waals surface area contributed by atoms with Gasteiger partial charge in [-0.1, -0.05) is 6.08 Å². The second-order valence-corrected chi connectivity index (χ2v) is 2.80. The highest BCUT2D eigenvalue weighted by atomic mass is 79.9. The van der Waals surface area contributed by atoms with Gasteiger partial charge in [-0.2, -0.15) is 0 Å². The Hall–Kier alpha value is -0.830. The fraction of sp³-hybridized carbons (Fsp3) is 0.125. The molecular weight excluding hydrogens is 208 g/mol. The highest BCUT2D eigenvalue weighted by molar-refractivity contribution is 9.10. The molecule has 0 bridgehead atoms. The van der Waals surface area contributed by atoms with E-state index in [0.29, 0.717) is 16.9 Å². The number of hydrogen-bond acceptors (Lipinski definition) is 2. The second kappa shape index (κ2) is 3.53. The molecule has 0 aromatic carbocycles. The van der Waals surface area contributed by atoms with Gasteiger partial charge >= 0.3 is 0 Å². The Morgan fingerprint density at radius 1 is 1.73 bits per heavy atom. The summed E-state index contributed by atoms with van der Waals surface area (Å²) in [7, 11) is 0. The fourth-order valence-corrected chi connectivity index (χ4v) is 1.00. The molecule has 0 fully saturated rings. The Kier molecular flexibility index (Phi) is 2.65. The van der Waals surface area contributed by atoms with E-state index in [4.69, 9.17) is 4.42 Å². The molecule has 0 unspecified atom stereocenters. The number of hydrogen-bond donors (Lipinski definition) is 0. The van der Waals surface area contributed by atoms with Crippen molar-refractivity contribution in [3.63, 3.8) is 0 Å². The average Bonchev–Trinajstić information content (AvgIpc) is 2.36. The molecule has 1 aromatic rings. The average molecular weight is 215 g/mol. The zero-order valence-electron chi connectivity index (χ0n) is 5.84. The van der Waals surface area contributed by atoms with Gasteiger partial charge in [-0.3, -0.25) is 4.79 Å². The summed E-state index contributed by atoms with van der Waals surface area (Å²) in [4.78, 5) is 11.1. The Morgan fingerprint density at radius 3 is 2.91 bits per heavy atom. The van der Waals surface area contributed by atoms with Crippen LogP contribution in [-0.4, -0.2) is 5.78 Å². The van der Waals surface area contributed by atoms with Gasteiger partial charge in [0.15, 0.2) is 10.4 Å². The molecule has 1 heterocycles. The van der Waals surface area contributed by atoms with Crippen LogP contribution in [0.2, 0.25) is 0 Å². The Morgan fingerprint density at radius 2 is 2.45 bits per heavy atom. The minimum atomic E-state index is -0.0503. The fourth-order valence-electron chi connectivity index (χ4n) is 0.696. The number of carbonyl (C=O) groups excluding carboxylic acids is 1. The van der Waals surface area contributed by atoms with Gasteiger partial charge in [0.2, 0.25) is 5.78 Å². The number of ketones is 1. The molecule has 0 amide bonds. The lowest BCUT2D eigenvalue weighted by Crippen LogP contribution is -1.93. The predicted octanol–water partition coefficient (Wildman–Crippen LogP) is 2.80. The zero-order valence-corrected chi connectivity index (χ0v) is 7.43. The molecule has 1 rings (SSSR count). The van der Waals surface area contributed by atoms with E-state index in [1.54, 1.807) is 18.2 Å². The van der Waals surface area contributed by atoms with E-state index in [9.17, 15) is 4.79 Å². The van der Waals surface area contributed by atoms with Crippen molar-refractivity contribution >= 4 is 21.7 Å². The first kappa shape index (κ1) is 8.27. The SMILES string of the molecule is C=CCC(=O)c1ccc(Br)o1. The first-order valence-electron chi connectivity index (χ1n) is 3.13. The Balaban J connectivity index is 2.76. The van der Waals surface area contributed by atoms with Crippen molar-refractivity contribution in [1.82, 2.24) is 0 Å². The van der Waals surface area contributed by atoms with E-state index in [2.05, 4.69) is 22.5 Å². The molecule has 3 heteroatoms. The van der Waals surface area contributed by atoms with Crippen LogP contribution in [0.3, 0.4) is 0 Å². The minimum Gasteiger partial charge on any atom is -0.446 e. The highest BCUT2D eigenvalue weighted by Gasteiger charge is 2.07. The van der Waals surface area contributed by atoms with Crippen LogP contribution >= 0.6 is 15.9 Å². The Labute approximate surface area is 73.0 Å². The summed E-state index contributed by atoms with van der Waals surface area (Å²) in [6.07, 6.45) is 1.87. The molecule has 0 aliphatic heterocycles. The van der Waals surface area contributed by atoms with E-state index in [1.807, 2.05) is 0 Å². The standard InChI is InChI=1S/C8H7BrO2/c1-2-3-6(10)7-4-5-8(9)11-7/h2,4-5H,1,3H2. The maximum Gasteiger partial charge on any atom is 0.201 e. The van der Waals surface area contributed by atoms with Gasteiger partial charge in [0.1, 0.15) is 0 Å². The molecule has 0 radical (unpaired) electrons. The lowest BCUT2D eigenvalue weighted by atomic mass is 10.2. The van der Waals surface area contributed by atoms with Crippen LogP contribution in [0.25, 0.3) is 0 Å². The van der Waals surface area contributed by atoms with Gasteiger partial charge in [0, 0.05) is 6.42 Å². The maximum absolute atomic E-state index is 11.1. The number of carbonyl (C=O) groups is 1. The van der Waals surface area contributed by atoms with Crippen molar-refractivity contribution in [2.45, 2.75) is 6.42 Å². The van der Waals surface area contributed by atoms with Crippen LogP contribution in [0.1, 0.15) is 17.0 Å². The summed E-state index contributed by atoms with van der Waals surface area (Å²) < 4.78 is 5.59. The van der Waals surface area contributed by atoms with Gasteiger partial charge in [0.05, 0.1) is 0 Å². The molecule has 2 nitrogen and oxygen atoms in total. The third-order valence-corrected chi connectivity index (χ3v) is 1.60. The summed E-state index contributed by atoms with van der Waals surface area (Å²) >= 11 is 3.11. The molecule has 0 N–H and O–H groups in total. The van der Waals surface area contributed by atoms with Gasteiger partial charge in [-0.25, -0.2) is 0 Å². The quantitative estimate of drug-likeness (QED) is 0.573. The number of rotatable bonds is 3.